The minimum atomic E-state index is -4.96. The van der Waals surface area contributed by atoms with E-state index < -0.39 is 97.5 Å². The number of esters is 4. The zero-order chi connectivity index (χ0) is 68.6. The van der Waals surface area contributed by atoms with E-state index in [2.05, 4.69) is 41.5 Å². The molecule has 0 aromatic carbocycles. The summed E-state index contributed by atoms with van der Waals surface area (Å²) in [4.78, 5) is 72.6. The largest absolute Gasteiger partial charge is 0.472 e. The van der Waals surface area contributed by atoms with Gasteiger partial charge in [-0.15, -0.1) is 0 Å². The number of phosphoric ester groups is 2. The average molecular weight is 1370 g/mol. The standard InChI is InChI=1S/C74H144O17P2/c1-7-9-11-13-15-17-18-19-20-21-22-23-24-25-26-31-35-39-46-52-58-73(78)90-69(62-85-72(77)57-51-45-38-34-30-28-27-29-33-36-42-48-54-66(3)4)64-88-92(80,81)86-60-68(75)61-87-93(82,83)89-65-70(91-74(79)59-53-47-41-40-43-49-55-67(5)6)63-84-71(76)56-50-44-37-32-16-14-12-10-8-2/h66-70,75H,7-65H2,1-6H3,(H,80,81)(H,82,83)/t68-,69-,70-/m1/s1. The number of carbonyl (C=O) groups excluding carboxylic acids is 4. The Bertz CT molecular complexity index is 1800. The van der Waals surface area contributed by atoms with E-state index in [4.69, 9.17) is 37.0 Å². The molecule has 0 saturated heterocycles. The lowest BCUT2D eigenvalue weighted by Gasteiger charge is -2.21. The Morgan fingerprint density at radius 2 is 0.495 bits per heavy atom. The fourth-order valence-corrected chi connectivity index (χ4v) is 12.9. The van der Waals surface area contributed by atoms with Crippen molar-refractivity contribution >= 4 is 39.5 Å². The van der Waals surface area contributed by atoms with Crippen LogP contribution in [0.4, 0.5) is 0 Å². The molecule has 0 rings (SSSR count). The Balaban J connectivity index is 5.18. The number of hydrogen-bond acceptors (Lipinski definition) is 15. The number of unbranched alkanes of at least 4 members (excludes halogenated alkanes) is 43. The molecule has 0 fully saturated rings. The maximum atomic E-state index is 13.1. The normalized spacial score (nSPS) is 14.1. The van der Waals surface area contributed by atoms with Crippen molar-refractivity contribution in [3.05, 3.63) is 0 Å². The Hall–Kier alpha value is -1.94. The van der Waals surface area contributed by atoms with Crippen molar-refractivity contribution in [2.45, 2.75) is 400 Å². The summed E-state index contributed by atoms with van der Waals surface area (Å²) < 4.78 is 68.3. The molecule has 17 nitrogen and oxygen atoms in total. The third kappa shape index (κ3) is 68.4. The maximum Gasteiger partial charge on any atom is 0.472 e. The molecule has 2 unspecified atom stereocenters. The molecular weight excluding hydrogens is 1220 g/mol. The van der Waals surface area contributed by atoms with Crippen LogP contribution in [0, 0.1) is 11.8 Å². The lowest BCUT2D eigenvalue weighted by molar-refractivity contribution is -0.161. The predicted molar refractivity (Wildman–Crippen MR) is 377 cm³/mol. The van der Waals surface area contributed by atoms with Gasteiger partial charge in [-0.05, 0) is 37.5 Å². The first-order valence-corrected chi connectivity index (χ1v) is 41.5. The Morgan fingerprint density at radius 1 is 0.290 bits per heavy atom. The SMILES string of the molecule is CCCCCCCCCCCCCCCCCCCCCCC(=O)O[C@H](COC(=O)CCCCCCCCCCCCCCC(C)C)COP(=O)(O)OC[C@@H](O)COP(=O)(O)OC[C@@H](COC(=O)CCCCCCCCCCC)OC(=O)CCCCCCCCC(C)C. The minimum Gasteiger partial charge on any atom is -0.462 e. The van der Waals surface area contributed by atoms with Crippen LogP contribution in [-0.4, -0.2) is 96.7 Å². The van der Waals surface area contributed by atoms with Crippen molar-refractivity contribution in [1.29, 1.82) is 0 Å². The fourth-order valence-electron chi connectivity index (χ4n) is 11.3. The van der Waals surface area contributed by atoms with Crippen LogP contribution in [0.2, 0.25) is 0 Å². The zero-order valence-electron chi connectivity index (χ0n) is 60.6. The number of aliphatic hydroxyl groups is 1. The van der Waals surface area contributed by atoms with Gasteiger partial charge in [0.2, 0.25) is 0 Å². The van der Waals surface area contributed by atoms with Gasteiger partial charge in [-0.3, -0.25) is 37.3 Å². The summed E-state index contributed by atoms with van der Waals surface area (Å²) >= 11 is 0. The molecule has 0 aliphatic heterocycles. The van der Waals surface area contributed by atoms with Crippen LogP contribution in [0.3, 0.4) is 0 Å². The lowest BCUT2D eigenvalue weighted by Crippen LogP contribution is -2.30. The fraction of sp³-hybridized carbons (Fsp3) is 0.946. The van der Waals surface area contributed by atoms with E-state index in [1.807, 2.05) is 0 Å². The van der Waals surface area contributed by atoms with E-state index in [1.54, 1.807) is 0 Å². The van der Waals surface area contributed by atoms with Gasteiger partial charge >= 0.3 is 39.5 Å². The summed E-state index contributed by atoms with van der Waals surface area (Å²) in [6.45, 7) is 9.48. The molecule has 0 amide bonds. The van der Waals surface area contributed by atoms with Gasteiger partial charge in [0.15, 0.2) is 12.2 Å². The van der Waals surface area contributed by atoms with Gasteiger partial charge in [-0.2, -0.15) is 0 Å². The average Bonchev–Trinajstić information content (AvgIpc) is 3.02. The number of aliphatic hydroxyl groups excluding tert-OH is 1. The van der Waals surface area contributed by atoms with Gasteiger partial charge < -0.3 is 33.8 Å². The first kappa shape index (κ1) is 91.1. The van der Waals surface area contributed by atoms with Crippen molar-refractivity contribution < 1.29 is 80.2 Å². The molecule has 552 valence electrons. The van der Waals surface area contributed by atoms with Crippen LogP contribution in [0.5, 0.6) is 0 Å². The molecule has 0 aromatic heterocycles. The Kier molecular flexibility index (Phi) is 64.6. The number of carbonyl (C=O) groups is 4. The number of phosphoric acid groups is 2. The van der Waals surface area contributed by atoms with Crippen molar-refractivity contribution in [2.24, 2.45) is 11.8 Å². The first-order valence-electron chi connectivity index (χ1n) is 38.5. The van der Waals surface area contributed by atoms with Crippen molar-refractivity contribution in [3.63, 3.8) is 0 Å². The van der Waals surface area contributed by atoms with E-state index in [0.29, 0.717) is 31.6 Å². The zero-order valence-corrected chi connectivity index (χ0v) is 62.3. The van der Waals surface area contributed by atoms with Gasteiger partial charge in [0.05, 0.1) is 26.4 Å². The highest BCUT2D eigenvalue weighted by Crippen LogP contribution is 2.45. The van der Waals surface area contributed by atoms with Crippen LogP contribution in [-0.2, 0) is 65.4 Å². The molecule has 0 radical (unpaired) electrons. The quantitative estimate of drug-likeness (QED) is 0.0222. The monoisotopic (exact) mass is 1370 g/mol. The minimum absolute atomic E-state index is 0.102. The van der Waals surface area contributed by atoms with Crippen molar-refractivity contribution in [2.75, 3.05) is 39.6 Å². The van der Waals surface area contributed by atoms with Gasteiger partial charge in [0.25, 0.3) is 0 Å². The molecule has 0 saturated carbocycles. The van der Waals surface area contributed by atoms with E-state index in [1.165, 1.54) is 199 Å². The van der Waals surface area contributed by atoms with Crippen LogP contribution < -0.4 is 0 Å². The molecule has 0 aliphatic rings. The van der Waals surface area contributed by atoms with E-state index in [9.17, 15) is 43.2 Å². The molecule has 0 bridgehead atoms. The molecule has 0 heterocycles. The third-order valence-electron chi connectivity index (χ3n) is 17.2. The summed E-state index contributed by atoms with van der Waals surface area (Å²) in [5.74, 6) is -0.674. The highest BCUT2D eigenvalue weighted by atomic mass is 31.2. The molecule has 5 atom stereocenters. The highest BCUT2D eigenvalue weighted by molar-refractivity contribution is 7.47. The predicted octanol–water partition coefficient (Wildman–Crippen LogP) is 21.6. The van der Waals surface area contributed by atoms with Crippen LogP contribution in [0.1, 0.15) is 382 Å². The van der Waals surface area contributed by atoms with Gasteiger partial charge in [-0.1, -0.05) is 330 Å². The van der Waals surface area contributed by atoms with Gasteiger partial charge in [0, 0.05) is 25.7 Å². The first-order chi connectivity index (χ1) is 44.9. The van der Waals surface area contributed by atoms with Gasteiger partial charge in [0.1, 0.15) is 19.3 Å². The second kappa shape index (κ2) is 66.0. The van der Waals surface area contributed by atoms with Gasteiger partial charge in [-0.25, -0.2) is 9.13 Å². The van der Waals surface area contributed by atoms with Crippen molar-refractivity contribution in [1.82, 2.24) is 0 Å². The molecular formula is C74H144O17P2. The smallest absolute Gasteiger partial charge is 0.462 e. The van der Waals surface area contributed by atoms with Crippen LogP contribution >= 0.6 is 15.6 Å². The van der Waals surface area contributed by atoms with Crippen LogP contribution in [0.25, 0.3) is 0 Å². The topological polar surface area (TPSA) is 237 Å². The molecule has 93 heavy (non-hydrogen) atoms. The van der Waals surface area contributed by atoms with E-state index >= 15 is 0 Å². The number of hydrogen-bond donors (Lipinski definition) is 3. The van der Waals surface area contributed by atoms with Crippen molar-refractivity contribution in [3.8, 4) is 0 Å². The Labute approximate surface area is 568 Å². The molecule has 0 aromatic rings. The summed E-state index contributed by atoms with van der Waals surface area (Å²) in [6, 6.07) is 0. The second-order valence-corrected chi connectivity index (χ2v) is 30.5. The van der Waals surface area contributed by atoms with E-state index in [-0.39, 0.29) is 25.7 Å². The summed E-state index contributed by atoms with van der Waals surface area (Å²) in [7, 11) is -9.90. The molecule has 3 N–H and O–H groups in total. The maximum absolute atomic E-state index is 13.1. The molecule has 0 aliphatic carbocycles. The molecule has 19 heteroatoms. The summed E-state index contributed by atoms with van der Waals surface area (Å²) in [6.07, 6.45) is 53.0. The lowest BCUT2D eigenvalue weighted by atomic mass is 10.0. The van der Waals surface area contributed by atoms with E-state index in [0.717, 1.165) is 95.8 Å². The highest BCUT2D eigenvalue weighted by Gasteiger charge is 2.30. The number of ether oxygens (including phenoxy) is 4. The van der Waals surface area contributed by atoms with Crippen LogP contribution in [0.15, 0.2) is 0 Å². The third-order valence-corrected chi connectivity index (χ3v) is 19.1. The Morgan fingerprint density at radius 3 is 0.731 bits per heavy atom. The summed E-state index contributed by atoms with van der Waals surface area (Å²) in [5, 5.41) is 10.6. The number of rotatable bonds is 73. The molecule has 0 spiro atoms. The summed E-state index contributed by atoms with van der Waals surface area (Å²) in [5.41, 5.74) is 0. The second-order valence-electron chi connectivity index (χ2n) is 27.6.